The number of hydrogen-bond donors (Lipinski definition) is 2. The molecule has 0 saturated carbocycles. The lowest BCUT2D eigenvalue weighted by molar-refractivity contribution is -0.907. The van der Waals surface area contributed by atoms with Crippen LogP contribution in [0.15, 0.2) is 42.5 Å². The summed E-state index contributed by atoms with van der Waals surface area (Å²) in [6.45, 7) is 2.35. The molecule has 0 aromatic heterocycles. The number of ether oxygens (including phenoxy) is 2. The quantitative estimate of drug-likeness (QED) is 0.837. The normalized spacial score (nSPS) is 15.3. The van der Waals surface area contributed by atoms with E-state index in [1.807, 2.05) is 7.05 Å². The third kappa shape index (κ3) is 4.51. The first-order chi connectivity index (χ1) is 12.7. The Morgan fingerprint density at radius 3 is 2.48 bits per heavy atom. The molecule has 1 amide bonds. The second-order valence-electron chi connectivity index (χ2n) is 6.50. The van der Waals surface area contributed by atoms with Gasteiger partial charge >= 0.3 is 6.18 Å². The van der Waals surface area contributed by atoms with Crippen LogP contribution >= 0.6 is 0 Å². The highest BCUT2D eigenvalue weighted by Crippen LogP contribution is 2.34. The highest BCUT2D eigenvalue weighted by atomic mass is 19.4. The molecule has 1 aliphatic heterocycles. The van der Waals surface area contributed by atoms with E-state index >= 15 is 0 Å². The summed E-state index contributed by atoms with van der Waals surface area (Å²) in [5, 5.41) is 2.82. The molecule has 0 bridgehead atoms. The average Bonchev–Trinajstić information content (AvgIpc) is 3.08. The molecule has 0 saturated heterocycles. The molecule has 2 atom stereocenters. The van der Waals surface area contributed by atoms with Crippen LogP contribution in [0.5, 0.6) is 11.5 Å². The van der Waals surface area contributed by atoms with Crippen LogP contribution in [0.1, 0.15) is 18.1 Å². The smallest absolute Gasteiger partial charge is 0.416 e. The third-order valence-electron chi connectivity index (χ3n) is 4.54. The summed E-state index contributed by atoms with van der Waals surface area (Å²) in [5.41, 5.74) is 0.638. The predicted molar refractivity (Wildman–Crippen MR) is 92.7 cm³/mol. The van der Waals surface area contributed by atoms with Crippen LogP contribution in [0.25, 0.3) is 0 Å². The van der Waals surface area contributed by atoms with Crippen molar-refractivity contribution in [3.8, 4) is 11.5 Å². The minimum atomic E-state index is -4.35. The molecule has 144 valence electrons. The van der Waals surface area contributed by atoms with E-state index in [2.05, 4.69) is 5.32 Å². The van der Waals surface area contributed by atoms with Gasteiger partial charge in [0.15, 0.2) is 17.5 Å². The molecule has 0 fully saturated rings. The zero-order valence-corrected chi connectivity index (χ0v) is 14.9. The van der Waals surface area contributed by atoms with E-state index < -0.39 is 17.8 Å². The Morgan fingerprint density at radius 2 is 1.81 bits per heavy atom. The van der Waals surface area contributed by atoms with Gasteiger partial charge in [0.1, 0.15) is 6.54 Å². The number of carbonyl (C=O) groups is 1. The number of nitrogens with one attached hydrogen (secondary N) is 2. The van der Waals surface area contributed by atoms with Crippen LogP contribution < -0.4 is 19.7 Å². The number of quaternary nitrogens is 1. The Bertz CT molecular complexity index is 822. The monoisotopic (exact) mass is 381 g/mol. The summed E-state index contributed by atoms with van der Waals surface area (Å²) in [7, 11) is 1.82. The fourth-order valence-corrected chi connectivity index (χ4v) is 2.74. The van der Waals surface area contributed by atoms with Gasteiger partial charge in [0.25, 0.3) is 5.91 Å². The summed E-state index contributed by atoms with van der Waals surface area (Å²) in [4.78, 5) is 13.3. The van der Waals surface area contributed by atoms with Gasteiger partial charge in [0, 0.05) is 17.3 Å². The molecule has 2 aromatic carbocycles. The van der Waals surface area contributed by atoms with Gasteiger partial charge in [-0.1, -0.05) is 12.1 Å². The van der Waals surface area contributed by atoms with E-state index in [-0.39, 0.29) is 12.7 Å². The maximum atomic E-state index is 12.6. The second kappa shape index (κ2) is 7.48. The number of rotatable bonds is 5. The Labute approximate surface area is 154 Å². The van der Waals surface area contributed by atoms with E-state index in [0.717, 1.165) is 22.6 Å². The summed E-state index contributed by atoms with van der Waals surface area (Å²) in [6.07, 6.45) is -4.35. The van der Waals surface area contributed by atoms with Crippen molar-refractivity contribution in [2.45, 2.75) is 25.7 Å². The summed E-state index contributed by atoms with van der Waals surface area (Å²) < 4.78 is 48.4. The number of likely N-dealkylation sites (N-methyl/N-ethyl adjacent to an activating group) is 1. The lowest BCUT2D eigenvalue weighted by Crippen LogP contribution is -3.12. The van der Waals surface area contributed by atoms with Gasteiger partial charge in [-0.05, 0) is 31.2 Å². The number of hydrogen-bond acceptors (Lipinski definition) is 3. The van der Waals surface area contributed by atoms with Crippen molar-refractivity contribution in [3.05, 3.63) is 53.6 Å². The topological polar surface area (TPSA) is 52.0 Å². The fourth-order valence-electron chi connectivity index (χ4n) is 2.74. The van der Waals surface area contributed by atoms with Crippen LogP contribution in [0.2, 0.25) is 0 Å². The molecule has 0 spiro atoms. The SMILES string of the molecule is C[C@@H](C(=O)Nc1ccc2c(c1)OCO2)[NH+](C)Cc1ccc(C(F)(F)F)cc1. The fraction of sp³-hybridized carbons (Fsp3) is 0.316. The maximum Gasteiger partial charge on any atom is 0.416 e. The van der Waals surface area contributed by atoms with Crippen LogP contribution in [-0.2, 0) is 17.5 Å². The van der Waals surface area contributed by atoms with Gasteiger partial charge < -0.3 is 19.7 Å². The first kappa shape index (κ1) is 19.0. The van der Waals surface area contributed by atoms with E-state index in [1.165, 1.54) is 12.1 Å². The molecule has 0 aliphatic carbocycles. The van der Waals surface area contributed by atoms with Gasteiger partial charge in [0.05, 0.1) is 12.6 Å². The number of carbonyl (C=O) groups excluding carboxylic acids is 1. The van der Waals surface area contributed by atoms with Crippen molar-refractivity contribution >= 4 is 11.6 Å². The molecule has 5 nitrogen and oxygen atoms in total. The van der Waals surface area contributed by atoms with Gasteiger partial charge in [-0.3, -0.25) is 4.79 Å². The number of halogens is 3. The van der Waals surface area contributed by atoms with E-state index in [1.54, 1.807) is 25.1 Å². The zero-order valence-electron chi connectivity index (χ0n) is 14.9. The maximum absolute atomic E-state index is 12.6. The van der Waals surface area contributed by atoms with Crippen LogP contribution in [-0.4, -0.2) is 25.8 Å². The lowest BCUT2D eigenvalue weighted by atomic mass is 10.1. The van der Waals surface area contributed by atoms with Crippen LogP contribution in [0.4, 0.5) is 18.9 Å². The van der Waals surface area contributed by atoms with Crippen molar-refractivity contribution in [1.29, 1.82) is 0 Å². The number of alkyl halides is 3. The predicted octanol–water partition coefficient (Wildman–Crippen LogP) is 2.48. The summed E-state index contributed by atoms with van der Waals surface area (Å²) in [6, 6.07) is 9.73. The van der Waals surface area contributed by atoms with E-state index in [4.69, 9.17) is 9.47 Å². The molecule has 1 aliphatic rings. The van der Waals surface area contributed by atoms with Crippen molar-refractivity contribution in [2.75, 3.05) is 19.2 Å². The molecule has 3 rings (SSSR count). The molecule has 27 heavy (non-hydrogen) atoms. The van der Waals surface area contributed by atoms with Crippen molar-refractivity contribution in [2.24, 2.45) is 0 Å². The highest BCUT2D eigenvalue weighted by molar-refractivity contribution is 5.93. The standard InChI is InChI=1S/C19H19F3N2O3/c1-12(18(25)23-15-7-8-16-17(9-15)27-11-26-16)24(2)10-13-3-5-14(6-4-13)19(20,21)22/h3-9,12H,10-11H2,1-2H3,(H,23,25)/p+1/t12-/m0/s1. The number of fused-ring (bicyclic) bond motifs is 1. The van der Waals surface area contributed by atoms with Gasteiger partial charge in [-0.25, -0.2) is 0 Å². The molecular formula is C19H20F3N2O3+. The summed E-state index contributed by atoms with van der Waals surface area (Å²) in [5.74, 6) is 1.01. The van der Waals surface area contributed by atoms with E-state index in [9.17, 15) is 18.0 Å². The first-order valence-electron chi connectivity index (χ1n) is 8.43. The molecule has 2 N–H and O–H groups in total. The number of benzene rings is 2. The van der Waals surface area contributed by atoms with Crippen LogP contribution in [0, 0.1) is 0 Å². The molecule has 8 heteroatoms. The molecule has 1 unspecified atom stereocenters. The Balaban J connectivity index is 1.59. The van der Waals surface area contributed by atoms with Crippen molar-refractivity contribution in [3.63, 3.8) is 0 Å². The molecule has 1 heterocycles. The second-order valence-corrected chi connectivity index (χ2v) is 6.50. The van der Waals surface area contributed by atoms with Crippen molar-refractivity contribution in [1.82, 2.24) is 0 Å². The van der Waals surface area contributed by atoms with E-state index in [0.29, 0.717) is 23.7 Å². The molecular weight excluding hydrogens is 361 g/mol. The Hall–Kier alpha value is -2.74. The summed E-state index contributed by atoms with van der Waals surface area (Å²) >= 11 is 0. The van der Waals surface area contributed by atoms with Gasteiger partial charge in [0.2, 0.25) is 6.79 Å². The van der Waals surface area contributed by atoms with Crippen LogP contribution in [0.3, 0.4) is 0 Å². The zero-order chi connectivity index (χ0) is 19.6. The lowest BCUT2D eigenvalue weighted by Gasteiger charge is -2.21. The molecule has 0 radical (unpaired) electrons. The average molecular weight is 381 g/mol. The Morgan fingerprint density at radius 1 is 1.15 bits per heavy atom. The number of amides is 1. The highest BCUT2D eigenvalue weighted by Gasteiger charge is 2.30. The van der Waals surface area contributed by atoms with Gasteiger partial charge in [-0.15, -0.1) is 0 Å². The number of anilines is 1. The first-order valence-corrected chi connectivity index (χ1v) is 8.43. The van der Waals surface area contributed by atoms with Gasteiger partial charge in [-0.2, -0.15) is 13.2 Å². The largest absolute Gasteiger partial charge is 0.454 e. The van der Waals surface area contributed by atoms with Crippen molar-refractivity contribution < 1.29 is 32.3 Å². The minimum Gasteiger partial charge on any atom is -0.454 e. The Kier molecular flexibility index (Phi) is 5.27. The third-order valence-corrected chi connectivity index (χ3v) is 4.54. The minimum absolute atomic E-state index is 0.156. The molecule has 2 aromatic rings.